The van der Waals surface area contributed by atoms with Crippen LogP contribution in [0.3, 0.4) is 0 Å². The van der Waals surface area contributed by atoms with Gasteiger partial charge in [0.25, 0.3) is 0 Å². The topological polar surface area (TPSA) is 114 Å². The minimum atomic E-state index is -1.03. The monoisotopic (exact) mass is 448 g/mol. The summed E-state index contributed by atoms with van der Waals surface area (Å²) in [6.07, 6.45) is 1.15. The summed E-state index contributed by atoms with van der Waals surface area (Å²) in [6, 6.07) is 20.4. The number of aliphatic hydroxyl groups is 1. The van der Waals surface area contributed by atoms with E-state index in [-0.39, 0.29) is 24.0 Å². The van der Waals surface area contributed by atoms with Crippen molar-refractivity contribution in [3.8, 4) is 22.6 Å². The van der Waals surface area contributed by atoms with Crippen LogP contribution in [0.1, 0.15) is 22.3 Å². The molecule has 0 spiro atoms. The molecule has 0 radical (unpaired) electrons. The molecule has 2 unspecified atom stereocenters. The third-order valence-electron chi connectivity index (χ3n) is 5.64. The van der Waals surface area contributed by atoms with Crippen LogP contribution in [0.5, 0.6) is 11.5 Å². The number of anilines is 1. The number of rotatable bonds is 9. The van der Waals surface area contributed by atoms with Crippen molar-refractivity contribution in [2.24, 2.45) is 0 Å². The van der Waals surface area contributed by atoms with Gasteiger partial charge in [-0.05, 0) is 65.9 Å². The number of aliphatic hydroxyl groups excluding tert-OH is 1. The second kappa shape index (κ2) is 10.4. The molecule has 0 saturated heterocycles. The normalized spacial score (nSPS) is 15.8. The van der Waals surface area contributed by atoms with Crippen molar-refractivity contribution in [1.82, 2.24) is 5.32 Å². The van der Waals surface area contributed by atoms with Gasteiger partial charge < -0.3 is 30.7 Å². The lowest BCUT2D eigenvalue weighted by atomic mass is 9.96. The Balaban J connectivity index is 1.28. The molecular weight excluding hydrogens is 420 g/mol. The van der Waals surface area contributed by atoms with E-state index in [2.05, 4.69) is 11.4 Å². The first kappa shape index (κ1) is 22.6. The molecule has 1 aliphatic rings. The molecule has 33 heavy (non-hydrogen) atoms. The number of carboxylic acids is 1. The van der Waals surface area contributed by atoms with Gasteiger partial charge in [0.1, 0.15) is 30.3 Å². The van der Waals surface area contributed by atoms with Gasteiger partial charge in [0, 0.05) is 18.8 Å². The highest BCUT2D eigenvalue weighted by Crippen LogP contribution is 2.33. The molecule has 172 valence electrons. The van der Waals surface area contributed by atoms with Crippen LogP contribution in [0.4, 0.5) is 5.69 Å². The van der Waals surface area contributed by atoms with Crippen LogP contribution in [0, 0.1) is 0 Å². The van der Waals surface area contributed by atoms with Crippen LogP contribution in [0.2, 0.25) is 0 Å². The van der Waals surface area contributed by atoms with E-state index in [1.807, 2.05) is 42.5 Å². The number of hydrogen-bond donors (Lipinski definition) is 4. The maximum Gasteiger partial charge on any atom is 0.337 e. The number of benzene rings is 3. The van der Waals surface area contributed by atoms with Gasteiger partial charge in [0.05, 0.1) is 5.56 Å². The van der Waals surface area contributed by atoms with Crippen molar-refractivity contribution < 1.29 is 24.5 Å². The maximum absolute atomic E-state index is 11.2. The number of aromatic carboxylic acids is 1. The van der Waals surface area contributed by atoms with Crippen molar-refractivity contribution in [3.63, 3.8) is 0 Å². The van der Waals surface area contributed by atoms with Gasteiger partial charge in [-0.2, -0.15) is 0 Å². The molecule has 7 nitrogen and oxygen atoms in total. The van der Waals surface area contributed by atoms with Crippen molar-refractivity contribution in [3.05, 3.63) is 77.9 Å². The largest absolute Gasteiger partial charge is 0.491 e. The Hall–Kier alpha value is -3.55. The lowest BCUT2D eigenvalue weighted by Gasteiger charge is -2.27. The van der Waals surface area contributed by atoms with Crippen LogP contribution >= 0.6 is 0 Å². The van der Waals surface area contributed by atoms with Gasteiger partial charge >= 0.3 is 5.97 Å². The zero-order chi connectivity index (χ0) is 23.2. The van der Waals surface area contributed by atoms with Gasteiger partial charge in [-0.15, -0.1) is 0 Å². The lowest BCUT2D eigenvalue weighted by molar-refractivity contribution is 0.0698. The highest BCUT2D eigenvalue weighted by Gasteiger charge is 2.20. The first-order chi connectivity index (χ1) is 16.0. The van der Waals surface area contributed by atoms with Gasteiger partial charge in [-0.25, -0.2) is 4.79 Å². The highest BCUT2D eigenvalue weighted by atomic mass is 16.5. The van der Waals surface area contributed by atoms with Gasteiger partial charge in [-0.3, -0.25) is 0 Å². The standard InChI is InChI=1S/C26H28N2O5/c27-24-13-18(7-10-23(24)26(30)31)17-8-11-25-19(12-17)6-9-22(33-25)15-28-14-20(29)16-32-21-4-2-1-3-5-21/h1-5,7-8,10-13,20,22,28-29H,6,9,14-16,27H2,(H,30,31). The quantitative estimate of drug-likeness (QED) is 0.371. The summed E-state index contributed by atoms with van der Waals surface area (Å²) in [5.74, 6) is 0.553. The van der Waals surface area contributed by atoms with E-state index in [0.717, 1.165) is 41.0 Å². The third-order valence-corrected chi connectivity index (χ3v) is 5.64. The second-order valence-corrected chi connectivity index (χ2v) is 8.14. The summed E-state index contributed by atoms with van der Waals surface area (Å²) in [6.45, 7) is 1.29. The second-order valence-electron chi connectivity index (χ2n) is 8.14. The summed E-state index contributed by atoms with van der Waals surface area (Å²) in [4.78, 5) is 11.2. The average molecular weight is 449 g/mol. The number of carbonyl (C=O) groups is 1. The number of aryl methyl sites for hydroxylation is 1. The first-order valence-corrected chi connectivity index (χ1v) is 11.0. The van der Waals surface area contributed by atoms with Crippen LogP contribution in [-0.4, -0.2) is 48.1 Å². The molecule has 3 aromatic rings. The smallest absolute Gasteiger partial charge is 0.337 e. The average Bonchev–Trinajstić information content (AvgIpc) is 2.82. The number of nitrogen functional groups attached to an aromatic ring is 1. The summed E-state index contributed by atoms with van der Waals surface area (Å²) >= 11 is 0. The van der Waals surface area contributed by atoms with E-state index in [9.17, 15) is 9.90 Å². The summed E-state index contributed by atoms with van der Waals surface area (Å²) < 4.78 is 11.7. The number of fused-ring (bicyclic) bond motifs is 1. The summed E-state index contributed by atoms with van der Waals surface area (Å²) in [5.41, 5.74) is 9.20. The Morgan fingerprint density at radius 3 is 2.64 bits per heavy atom. The van der Waals surface area contributed by atoms with E-state index in [0.29, 0.717) is 13.1 Å². The molecule has 0 aliphatic carbocycles. The summed E-state index contributed by atoms with van der Waals surface area (Å²) in [7, 11) is 0. The predicted molar refractivity (Wildman–Crippen MR) is 127 cm³/mol. The molecule has 0 aromatic heterocycles. The lowest BCUT2D eigenvalue weighted by Crippen LogP contribution is -2.39. The molecule has 2 atom stereocenters. The molecule has 1 heterocycles. The Labute approximate surface area is 192 Å². The highest BCUT2D eigenvalue weighted by molar-refractivity contribution is 5.94. The number of nitrogens with two attached hydrogens (primary N) is 1. The maximum atomic E-state index is 11.2. The zero-order valence-corrected chi connectivity index (χ0v) is 18.2. The summed E-state index contributed by atoms with van der Waals surface area (Å²) in [5, 5.41) is 22.6. The number of nitrogens with one attached hydrogen (secondary N) is 1. The van der Waals surface area contributed by atoms with E-state index >= 15 is 0 Å². The molecule has 0 saturated carbocycles. The molecule has 7 heteroatoms. The SMILES string of the molecule is Nc1cc(-c2ccc3c(c2)CCC(CNCC(O)COc2ccccc2)O3)ccc1C(=O)O. The molecule has 5 N–H and O–H groups in total. The Morgan fingerprint density at radius 2 is 1.88 bits per heavy atom. The van der Waals surface area contributed by atoms with E-state index < -0.39 is 12.1 Å². The molecule has 3 aromatic carbocycles. The van der Waals surface area contributed by atoms with Crippen LogP contribution in [0.15, 0.2) is 66.7 Å². The molecule has 0 fully saturated rings. The minimum absolute atomic E-state index is 0.0242. The molecular formula is C26H28N2O5. The Morgan fingerprint density at radius 1 is 1.12 bits per heavy atom. The molecule has 0 amide bonds. The van der Waals surface area contributed by atoms with Crippen molar-refractivity contribution in [1.29, 1.82) is 0 Å². The first-order valence-electron chi connectivity index (χ1n) is 11.0. The zero-order valence-electron chi connectivity index (χ0n) is 18.2. The third kappa shape index (κ3) is 5.83. The van der Waals surface area contributed by atoms with Gasteiger partial charge in [0.15, 0.2) is 0 Å². The van der Waals surface area contributed by atoms with Crippen molar-refractivity contribution >= 4 is 11.7 Å². The Kier molecular flexibility index (Phi) is 7.12. The Bertz CT molecular complexity index is 1100. The fraction of sp³-hybridized carbons (Fsp3) is 0.269. The fourth-order valence-corrected chi connectivity index (χ4v) is 3.88. The van der Waals surface area contributed by atoms with E-state index in [4.69, 9.17) is 20.3 Å². The van der Waals surface area contributed by atoms with Gasteiger partial charge in [-0.1, -0.05) is 30.3 Å². The van der Waals surface area contributed by atoms with Crippen LogP contribution in [-0.2, 0) is 6.42 Å². The molecule has 1 aliphatic heterocycles. The number of ether oxygens (including phenoxy) is 2. The van der Waals surface area contributed by atoms with Crippen molar-refractivity contribution in [2.75, 3.05) is 25.4 Å². The number of hydrogen-bond acceptors (Lipinski definition) is 6. The van der Waals surface area contributed by atoms with E-state index in [1.54, 1.807) is 12.1 Å². The van der Waals surface area contributed by atoms with Gasteiger partial charge in [0.2, 0.25) is 0 Å². The minimum Gasteiger partial charge on any atom is -0.491 e. The predicted octanol–water partition coefficient (Wildman–Crippen LogP) is 3.36. The van der Waals surface area contributed by atoms with E-state index in [1.165, 1.54) is 6.07 Å². The van der Waals surface area contributed by atoms with Crippen LogP contribution in [0.25, 0.3) is 11.1 Å². The fourth-order valence-electron chi connectivity index (χ4n) is 3.88. The van der Waals surface area contributed by atoms with Crippen LogP contribution < -0.4 is 20.5 Å². The molecule has 4 rings (SSSR count). The molecule has 0 bridgehead atoms. The van der Waals surface area contributed by atoms with Crippen molar-refractivity contribution in [2.45, 2.75) is 25.0 Å². The number of para-hydroxylation sites is 1. The number of carboxylic acid groups (broad SMARTS) is 1.